The highest BCUT2D eigenvalue weighted by molar-refractivity contribution is 9.10. The van der Waals surface area contributed by atoms with Gasteiger partial charge in [-0.15, -0.1) is 0 Å². The number of rotatable bonds is 2. The van der Waals surface area contributed by atoms with Crippen LogP contribution in [-0.4, -0.2) is 12.4 Å². The van der Waals surface area contributed by atoms with Crippen molar-refractivity contribution in [3.63, 3.8) is 0 Å². The quantitative estimate of drug-likeness (QED) is 0.470. The van der Waals surface area contributed by atoms with E-state index in [2.05, 4.69) is 15.9 Å². The summed E-state index contributed by atoms with van der Waals surface area (Å²) < 4.78 is 28.4. The van der Waals surface area contributed by atoms with E-state index in [1.54, 1.807) is 30.5 Å². The van der Waals surface area contributed by atoms with Gasteiger partial charge in [0.1, 0.15) is 0 Å². The number of hydrogen-bond donors (Lipinski definition) is 0. The van der Waals surface area contributed by atoms with E-state index in [0.29, 0.717) is 5.52 Å². The molecule has 3 aromatic carbocycles. The monoisotopic (exact) mass is 399 g/mol. The second kappa shape index (κ2) is 5.46. The first-order chi connectivity index (χ1) is 11.5. The zero-order chi connectivity index (χ0) is 16.9. The summed E-state index contributed by atoms with van der Waals surface area (Å²) in [6, 6.07) is 18.4. The van der Waals surface area contributed by atoms with E-state index in [1.165, 1.54) is 3.97 Å². The Morgan fingerprint density at radius 3 is 2.42 bits per heavy atom. The minimum Gasteiger partial charge on any atom is -0.241 e. The molecule has 0 spiro atoms. The molecule has 1 heterocycles. The van der Waals surface area contributed by atoms with Gasteiger partial charge in [-0.05, 0) is 53.6 Å². The van der Waals surface area contributed by atoms with Crippen LogP contribution in [0.15, 0.2) is 76.2 Å². The van der Waals surface area contributed by atoms with E-state index in [4.69, 9.17) is 0 Å². The van der Waals surface area contributed by atoms with E-state index in [0.717, 1.165) is 26.2 Å². The Balaban J connectivity index is 2.07. The van der Waals surface area contributed by atoms with Gasteiger partial charge in [-0.3, -0.25) is 0 Å². The molecule has 0 amide bonds. The number of aryl methyl sites for hydroxylation is 1. The largest absolute Gasteiger partial charge is 0.268 e. The fourth-order valence-electron chi connectivity index (χ4n) is 2.99. The van der Waals surface area contributed by atoms with Crippen molar-refractivity contribution in [2.75, 3.05) is 0 Å². The topological polar surface area (TPSA) is 39.1 Å². The Morgan fingerprint density at radius 1 is 0.917 bits per heavy atom. The van der Waals surface area contributed by atoms with Gasteiger partial charge in [-0.2, -0.15) is 0 Å². The Morgan fingerprint density at radius 2 is 1.67 bits per heavy atom. The molecular formula is C19H14BrNO2S. The molecule has 0 radical (unpaired) electrons. The van der Waals surface area contributed by atoms with E-state index in [9.17, 15) is 8.42 Å². The molecule has 0 atom stereocenters. The van der Waals surface area contributed by atoms with Gasteiger partial charge >= 0.3 is 0 Å². The van der Waals surface area contributed by atoms with Crippen LogP contribution >= 0.6 is 15.9 Å². The van der Waals surface area contributed by atoms with E-state index in [1.807, 2.05) is 43.3 Å². The first-order valence-electron chi connectivity index (χ1n) is 7.49. The van der Waals surface area contributed by atoms with Crippen molar-refractivity contribution in [1.82, 2.24) is 3.97 Å². The molecule has 0 unspecified atom stereocenters. The summed E-state index contributed by atoms with van der Waals surface area (Å²) in [5.41, 5.74) is 1.63. The van der Waals surface area contributed by atoms with Crippen molar-refractivity contribution in [3.05, 3.63) is 76.9 Å². The molecular weight excluding hydrogens is 386 g/mol. The van der Waals surface area contributed by atoms with Crippen LogP contribution in [0.2, 0.25) is 0 Å². The molecule has 0 aliphatic carbocycles. The van der Waals surface area contributed by atoms with E-state index in [-0.39, 0.29) is 4.90 Å². The SMILES string of the molecule is Cc1cn(S(=O)(=O)c2ccccc2)c2cc3cccc(Br)c3cc12. The van der Waals surface area contributed by atoms with E-state index < -0.39 is 10.0 Å². The Bertz CT molecular complexity index is 1180. The number of hydrogen-bond acceptors (Lipinski definition) is 2. The highest BCUT2D eigenvalue weighted by Gasteiger charge is 2.20. The summed E-state index contributed by atoms with van der Waals surface area (Å²) >= 11 is 3.57. The van der Waals surface area contributed by atoms with Crippen LogP contribution in [0.3, 0.4) is 0 Å². The molecule has 0 aliphatic rings. The Hall–Kier alpha value is -2.11. The maximum absolute atomic E-state index is 13.0. The average Bonchev–Trinajstić information content (AvgIpc) is 2.92. The van der Waals surface area contributed by atoms with Crippen molar-refractivity contribution in [1.29, 1.82) is 0 Å². The average molecular weight is 400 g/mol. The lowest BCUT2D eigenvalue weighted by molar-refractivity contribution is 0.589. The number of benzene rings is 3. The van der Waals surface area contributed by atoms with Gasteiger partial charge in [-0.1, -0.05) is 46.3 Å². The predicted octanol–water partition coefficient (Wildman–Crippen LogP) is 5.10. The Labute approximate surface area is 148 Å². The second-order valence-electron chi connectivity index (χ2n) is 5.76. The van der Waals surface area contributed by atoms with Crippen LogP contribution < -0.4 is 0 Å². The lowest BCUT2D eigenvalue weighted by Gasteiger charge is -2.08. The molecule has 3 nitrogen and oxygen atoms in total. The molecule has 120 valence electrons. The van der Waals surface area contributed by atoms with Gasteiger partial charge in [0, 0.05) is 16.1 Å². The molecule has 1 aromatic heterocycles. The summed E-state index contributed by atoms with van der Waals surface area (Å²) in [6.45, 7) is 1.93. The maximum atomic E-state index is 13.0. The minimum absolute atomic E-state index is 0.288. The summed E-state index contributed by atoms with van der Waals surface area (Å²) in [6.07, 6.45) is 1.69. The first kappa shape index (κ1) is 15.4. The van der Waals surface area contributed by atoms with Gasteiger partial charge in [0.15, 0.2) is 0 Å². The van der Waals surface area contributed by atoms with Gasteiger partial charge in [0.05, 0.1) is 10.4 Å². The van der Waals surface area contributed by atoms with E-state index >= 15 is 0 Å². The van der Waals surface area contributed by atoms with Crippen molar-refractivity contribution < 1.29 is 8.42 Å². The van der Waals surface area contributed by atoms with Crippen molar-refractivity contribution in [3.8, 4) is 0 Å². The molecule has 0 fully saturated rings. The third-order valence-electron chi connectivity index (χ3n) is 4.22. The van der Waals surface area contributed by atoms with Crippen LogP contribution in [0.5, 0.6) is 0 Å². The van der Waals surface area contributed by atoms with Gasteiger partial charge in [0.2, 0.25) is 0 Å². The van der Waals surface area contributed by atoms with Crippen LogP contribution in [0, 0.1) is 6.92 Å². The molecule has 0 saturated heterocycles. The minimum atomic E-state index is -3.62. The highest BCUT2D eigenvalue weighted by atomic mass is 79.9. The molecule has 5 heteroatoms. The highest BCUT2D eigenvalue weighted by Crippen LogP contribution is 2.32. The Kier molecular flexibility index (Phi) is 3.51. The third-order valence-corrected chi connectivity index (χ3v) is 6.60. The van der Waals surface area contributed by atoms with Crippen LogP contribution in [-0.2, 0) is 10.0 Å². The van der Waals surface area contributed by atoms with Gasteiger partial charge in [0.25, 0.3) is 10.0 Å². The predicted molar refractivity (Wildman–Crippen MR) is 101 cm³/mol. The van der Waals surface area contributed by atoms with Crippen LogP contribution in [0.25, 0.3) is 21.7 Å². The fourth-order valence-corrected chi connectivity index (χ4v) is 4.92. The number of fused-ring (bicyclic) bond motifs is 2. The standard InChI is InChI=1S/C19H14BrNO2S/c1-13-12-21(24(22,23)15-7-3-2-4-8-15)19-10-14-6-5-9-18(20)17(14)11-16(13)19/h2-12H,1H3. The number of halogens is 1. The third kappa shape index (κ3) is 2.27. The second-order valence-corrected chi connectivity index (χ2v) is 8.43. The van der Waals surface area contributed by atoms with Crippen LogP contribution in [0.1, 0.15) is 5.56 Å². The summed E-state index contributed by atoms with van der Waals surface area (Å²) in [7, 11) is -3.62. The van der Waals surface area contributed by atoms with Crippen LogP contribution in [0.4, 0.5) is 0 Å². The molecule has 4 rings (SSSR count). The fraction of sp³-hybridized carbons (Fsp3) is 0.0526. The summed E-state index contributed by atoms with van der Waals surface area (Å²) in [4.78, 5) is 0.288. The van der Waals surface area contributed by atoms with Crippen molar-refractivity contribution >= 4 is 47.6 Å². The van der Waals surface area contributed by atoms with Crippen molar-refractivity contribution in [2.45, 2.75) is 11.8 Å². The molecule has 0 aliphatic heterocycles. The van der Waals surface area contributed by atoms with Gasteiger partial charge < -0.3 is 0 Å². The molecule has 0 bridgehead atoms. The molecule has 0 N–H and O–H groups in total. The normalized spacial score (nSPS) is 12.1. The summed E-state index contributed by atoms with van der Waals surface area (Å²) in [5.74, 6) is 0. The molecule has 0 saturated carbocycles. The lowest BCUT2D eigenvalue weighted by atomic mass is 10.1. The first-order valence-corrected chi connectivity index (χ1v) is 9.72. The number of aromatic nitrogens is 1. The molecule has 4 aromatic rings. The maximum Gasteiger partial charge on any atom is 0.268 e. The zero-order valence-electron chi connectivity index (χ0n) is 12.9. The van der Waals surface area contributed by atoms with Gasteiger partial charge in [-0.25, -0.2) is 12.4 Å². The number of nitrogens with zero attached hydrogens (tertiary/aromatic N) is 1. The smallest absolute Gasteiger partial charge is 0.241 e. The molecule has 24 heavy (non-hydrogen) atoms. The lowest BCUT2D eigenvalue weighted by Crippen LogP contribution is -2.11. The zero-order valence-corrected chi connectivity index (χ0v) is 15.3. The van der Waals surface area contributed by atoms with Crippen molar-refractivity contribution in [2.24, 2.45) is 0 Å². The summed E-state index contributed by atoms with van der Waals surface area (Å²) in [5, 5.41) is 3.01.